The number of ether oxygens (including phenoxy) is 1. The molecule has 0 spiro atoms. The molecule has 1 amide bonds. The van der Waals surface area contributed by atoms with Crippen molar-refractivity contribution in [3.63, 3.8) is 0 Å². The maximum atomic E-state index is 12.4. The molecule has 1 saturated heterocycles. The van der Waals surface area contributed by atoms with E-state index in [4.69, 9.17) is 9.15 Å². The summed E-state index contributed by atoms with van der Waals surface area (Å²) in [5, 5.41) is 12.2. The van der Waals surface area contributed by atoms with E-state index in [1.165, 1.54) is 6.08 Å². The van der Waals surface area contributed by atoms with Crippen LogP contribution in [0, 0.1) is 11.3 Å². The molecule has 2 heterocycles. The molecule has 6 heteroatoms. The van der Waals surface area contributed by atoms with Crippen molar-refractivity contribution in [3.8, 4) is 6.07 Å². The molecule has 1 aromatic heterocycles. The minimum atomic E-state index is -0.423. The summed E-state index contributed by atoms with van der Waals surface area (Å²) in [4.78, 5) is 14.5. The highest BCUT2D eigenvalue weighted by molar-refractivity contribution is 6.01. The van der Waals surface area contributed by atoms with Crippen LogP contribution in [-0.2, 0) is 9.53 Å². The van der Waals surface area contributed by atoms with E-state index in [1.54, 1.807) is 6.07 Å². The van der Waals surface area contributed by atoms with E-state index in [-0.39, 0.29) is 11.6 Å². The van der Waals surface area contributed by atoms with E-state index in [9.17, 15) is 10.1 Å². The third-order valence-electron chi connectivity index (χ3n) is 4.23. The Bertz CT molecular complexity index is 814. The lowest BCUT2D eigenvalue weighted by Gasteiger charge is -2.26. The predicted octanol–water partition coefficient (Wildman–Crippen LogP) is 2.90. The molecule has 134 valence electrons. The molecule has 1 aromatic carbocycles. The van der Waals surface area contributed by atoms with E-state index >= 15 is 0 Å². The molecule has 0 aliphatic carbocycles. The number of nitriles is 1. The van der Waals surface area contributed by atoms with Crippen molar-refractivity contribution >= 4 is 17.9 Å². The zero-order valence-electron chi connectivity index (χ0n) is 14.6. The van der Waals surface area contributed by atoms with Crippen LogP contribution in [-0.4, -0.2) is 32.2 Å². The van der Waals surface area contributed by atoms with Gasteiger partial charge in [0.25, 0.3) is 5.91 Å². The smallest absolute Gasteiger partial charge is 0.262 e. The quantitative estimate of drug-likeness (QED) is 0.662. The molecule has 2 aromatic rings. The van der Waals surface area contributed by atoms with Crippen LogP contribution in [0.2, 0.25) is 0 Å². The van der Waals surface area contributed by atoms with Gasteiger partial charge in [-0.15, -0.1) is 0 Å². The van der Waals surface area contributed by atoms with Crippen LogP contribution in [0.25, 0.3) is 6.08 Å². The number of nitrogens with zero attached hydrogens (tertiary/aromatic N) is 2. The Hall–Kier alpha value is -3.04. The molecular weight excluding hydrogens is 330 g/mol. The normalized spacial score (nSPS) is 16.0. The highest BCUT2D eigenvalue weighted by Crippen LogP contribution is 2.21. The van der Waals surface area contributed by atoms with Gasteiger partial charge in [0, 0.05) is 25.2 Å². The minimum Gasteiger partial charge on any atom is -0.441 e. The Balaban J connectivity index is 1.68. The van der Waals surface area contributed by atoms with Gasteiger partial charge in [-0.05, 0) is 18.6 Å². The van der Waals surface area contributed by atoms with Crippen molar-refractivity contribution in [3.05, 3.63) is 59.4 Å². The predicted molar refractivity (Wildman–Crippen MR) is 98.3 cm³/mol. The van der Waals surface area contributed by atoms with Gasteiger partial charge in [-0.1, -0.05) is 30.3 Å². The van der Waals surface area contributed by atoms with Gasteiger partial charge in [0.2, 0.25) is 0 Å². The second kappa shape index (κ2) is 8.37. The summed E-state index contributed by atoms with van der Waals surface area (Å²) in [5.41, 5.74) is 0.987. The number of carbonyl (C=O) groups excluding carboxylic acids is 1. The molecule has 1 aliphatic heterocycles. The van der Waals surface area contributed by atoms with Gasteiger partial charge in [0.05, 0.1) is 19.3 Å². The van der Waals surface area contributed by atoms with Gasteiger partial charge >= 0.3 is 0 Å². The lowest BCUT2D eigenvalue weighted by atomic mass is 10.1. The molecule has 1 N–H and O–H groups in total. The average Bonchev–Trinajstić information content (AvgIpc) is 3.16. The van der Waals surface area contributed by atoms with Gasteiger partial charge in [-0.3, -0.25) is 4.79 Å². The van der Waals surface area contributed by atoms with Gasteiger partial charge in [-0.2, -0.15) is 5.26 Å². The van der Waals surface area contributed by atoms with E-state index in [0.717, 1.165) is 24.5 Å². The number of benzene rings is 1. The second-order valence-corrected chi connectivity index (χ2v) is 6.05. The molecule has 3 rings (SSSR count). The number of hydrogen-bond donors (Lipinski definition) is 1. The molecule has 1 aliphatic rings. The number of carbonyl (C=O) groups is 1. The van der Waals surface area contributed by atoms with Crippen LogP contribution in [0.15, 0.2) is 52.5 Å². The Morgan fingerprint density at radius 2 is 1.96 bits per heavy atom. The number of rotatable bonds is 5. The van der Waals surface area contributed by atoms with Crippen molar-refractivity contribution < 1.29 is 13.9 Å². The Labute approximate surface area is 152 Å². The first-order valence-corrected chi connectivity index (χ1v) is 8.57. The fourth-order valence-electron chi connectivity index (χ4n) is 2.76. The maximum Gasteiger partial charge on any atom is 0.262 e. The van der Waals surface area contributed by atoms with Crippen LogP contribution in [0.1, 0.15) is 24.3 Å². The molecule has 0 radical (unpaired) electrons. The van der Waals surface area contributed by atoms with Crippen LogP contribution >= 0.6 is 0 Å². The molecule has 26 heavy (non-hydrogen) atoms. The maximum absolute atomic E-state index is 12.4. The van der Waals surface area contributed by atoms with Crippen LogP contribution in [0.5, 0.6) is 0 Å². The summed E-state index contributed by atoms with van der Waals surface area (Å²) in [6.45, 7) is 4.73. The third-order valence-corrected chi connectivity index (χ3v) is 4.23. The number of anilines is 1. The van der Waals surface area contributed by atoms with Gasteiger partial charge in [-0.25, -0.2) is 0 Å². The topological polar surface area (TPSA) is 78.5 Å². The van der Waals surface area contributed by atoms with Crippen LogP contribution in [0.4, 0.5) is 5.88 Å². The Morgan fingerprint density at radius 1 is 1.23 bits per heavy atom. The monoisotopic (exact) mass is 351 g/mol. The van der Waals surface area contributed by atoms with Crippen LogP contribution < -0.4 is 10.2 Å². The first kappa shape index (κ1) is 17.8. The van der Waals surface area contributed by atoms with Gasteiger partial charge in [0.1, 0.15) is 17.4 Å². The molecule has 6 nitrogen and oxygen atoms in total. The SMILES string of the molecule is C[C@H](NC(=O)/C(C#N)=C/c1ccc(N2CCOCC2)o1)c1ccccc1. The van der Waals surface area contributed by atoms with E-state index in [2.05, 4.69) is 10.2 Å². The third kappa shape index (κ3) is 4.32. The van der Waals surface area contributed by atoms with Gasteiger partial charge in [0.15, 0.2) is 5.88 Å². The molecule has 0 bridgehead atoms. The fourth-order valence-corrected chi connectivity index (χ4v) is 2.76. The summed E-state index contributed by atoms with van der Waals surface area (Å²) in [5.74, 6) is 0.772. The van der Waals surface area contributed by atoms with E-state index < -0.39 is 5.91 Å². The number of furan rings is 1. The summed E-state index contributed by atoms with van der Waals surface area (Å²) >= 11 is 0. The molecular formula is C20H21N3O3. The average molecular weight is 351 g/mol. The number of nitrogens with one attached hydrogen (secondary N) is 1. The summed E-state index contributed by atoms with van der Waals surface area (Å²) in [7, 11) is 0. The van der Waals surface area contributed by atoms with E-state index in [0.29, 0.717) is 19.0 Å². The summed E-state index contributed by atoms with van der Waals surface area (Å²) in [6, 6.07) is 15.0. The first-order valence-electron chi connectivity index (χ1n) is 8.57. The highest BCUT2D eigenvalue weighted by Gasteiger charge is 2.17. The van der Waals surface area contributed by atoms with Gasteiger partial charge < -0.3 is 19.4 Å². The fraction of sp³-hybridized carbons (Fsp3) is 0.300. The standard InChI is InChI=1S/C20H21N3O3/c1-15(16-5-3-2-4-6-16)22-20(24)17(14-21)13-18-7-8-19(26-18)23-9-11-25-12-10-23/h2-8,13,15H,9-12H2,1H3,(H,22,24)/b17-13+/t15-/m0/s1. The van der Waals surface area contributed by atoms with E-state index in [1.807, 2.05) is 49.4 Å². The Kier molecular flexibility index (Phi) is 5.72. The molecule has 1 atom stereocenters. The van der Waals surface area contributed by atoms with Crippen molar-refractivity contribution in [2.75, 3.05) is 31.2 Å². The summed E-state index contributed by atoms with van der Waals surface area (Å²) in [6.07, 6.45) is 1.47. The number of hydrogen-bond acceptors (Lipinski definition) is 5. The van der Waals surface area contributed by atoms with Crippen molar-refractivity contribution in [1.82, 2.24) is 5.32 Å². The first-order chi connectivity index (χ1) is 12.7. The Morgan fingerprint density at radius 3 is 2.65 bits per heavy atom. The van der Waals surface area contributed by atoms with Crippen molar-refractivity contribution in [2.45, 2.75) is 13.0 Å². The number of morpholine rings is 1. The highest BCUT2D eigenvalue weighted by atomic mass is 16.5. The molecule has 1 fully saturated rings. The minimum absolute atomic E-state index is 0.00987. The van der Waals surface area contributed by atoms with Crippen molar-refractivity contribution in [1.29, 1.82) is 5.26 Å². The number of amides is 1. The molecule has 0 unspecified atom stereocenters. The largest absolute Gasteiger partial charge is 0.441 e. The zero-order valence-corrected chi connectivity index (χ0v) is 14.6. The zero-order chi connectivity index (χ0) is 18.4. The lowest BCUT2D eigenvalue weighted by molar-refractivity contribution is -0.117. The lowest BCUT2D eigenvalue weighted by Crippen LogP contribution is -2.35. The molecule has 0 saturated carbocycles. The van der Waals surface area contributed by atoms with Crippen molar-refractivity contribution in [2.24, 2.45) is 0 Å². The summed E-state index contributed by atoms with van der Waals surface area (Å²) < 4.78 is 11.1. The van der Waals surface area contributed by atoms with Crippen LogP contribution in [0.3, 0.4) is 0 Å². The second-order valence-electron chi connectivity index (χ2n) is 6.05.